The van der Waals surface area contributed by atoms with Gasteiger partial charge in [0.1, 0.15) is 5.82 Å². The molecule has 3 heterocycles. The molecule has 1 fully saturated rings. The lowest BCUT2D eigenvalue weighted by atomic mass is 10.2. The Morgan fingerprint density at radius 1 is 1.00 bits per heavy atom. The monoisotopic (exact) mass is 434 g/mol. The van der Waals surface area contributed by atoms with Crippen LogP contribution < -0.4 is 20.1 Å². The van der Waals surface area contributed by atoms with Crippen molar-refractivity contribution in [3.8, 4) is 11.5 Å². The number of aromatic nitrogens is 3. The second kappa shape index (κ2) is 11.3. The lowest BCUT2D eigenvalue weighted by Crippen LogP contribution is -2.21. The third-order valence-electron chi connectivity index (χ3n) is 5.33. The van der Waals surface area contributed by atoms with E-state index in [1.807, 2.05) is 42.5 Å². The molecule has 0 spiro atoms. The van der Waals surface area contributed by atoms with Gasteiger partial charge in [-0.2, -0.15) is 4.98 Å². The van der Waals surface area contributed by atoms with E-state index in [1.165, 1.54) is 25.9 Å². The van der Waals surface area contributed by atoms with Gasteiger partial charge in [-0.15, -0.1) is 0 Å². The van der Waals surface area contributed by atoms with Crippen LogP contribution in [0.1, 0.15) is 25.0 Å². The molecule has 8 nitrogen and oxygen atoms in total. The largest absolute Gasteiger partial charge is 0.493 e. The van der Waals surface area contributed by atoms with Crippen LogP contribution in [0.5, 0.6) is 11.5 Å². The van der Waals surface area contributed by atoms with Gasteiger partial charge in [0, 0.05) is 30.7 Å². The van der Waals surface area contributed by atoms with Crippen LogP contribution in [0.15, 0.2) is 54.9 Å². The molecule has 168 valence electrons. The molecule has 0 bridgehead atoms. The molecule has 1 aliphatic rings. The first-order chi connectivity index (χ1) is 15.8. The summed E-state index contributed by atoms with van der Waals surface area (Å²) in [6.07, 6.45) is 7.11. The molecule has 32 heavy (non-hydrogen) atoms. The van der Waals surface area contributed by atoms with Crippen molar-refractivity contribution in [2.75, 3.05) is 44.0 Å². The Bertz CT molecular complexity index is 979. The highest BCUT2D eigenvalue weighted by Gasteiger charge is 2.11. The first-order valence-electron chi connectivity index (χ1n) is 11.1. The highest BCUT2D eigenvalue weighted by molar-refractivity contribution is 5.60. The number of pyridine rings is 1. The van der Waals surface area contributed by atoms with Crippen LogP contribution in [-0.4, -0.2) is 53.2 Å². The zero-order valence-corrected chi connectivity index (χ0v) is 18.5. The third kappa shape index (κ3) is 6.31. The maximum atomic E-state index is 6.03. The van der Waals surface area contributed by atoms with E-state index in [4.69, 9.17) is 9.47 Å². The summed E-state index contributed by atoms with van der Waals surface area (Å²) >= 11 is 0. The maximum absolute atomic E-state index is 6.03. The number of benzene rings is 1. The fourth-order valence-electron chi connectivity index (χ4n) is 3.67. The van der Waals surface area contributed by atoms with Crippen LogP contribution in [0.4, 0.5) is 17.5 Å². The van der Waals surface area contributed by atoms with E-state index in [0.29, 0.717) is 30.6 Å². The number of likely N-dealkylation sites (tertiary alicyclic amines) is 1. The van der Waals surface area contributed by atoms with Gasteiger partial charge in [-0.05, 0) is 62.7 Å². The Morgan fingerprint density at radius 2 is 1.91 bits per heavy atom. The van der Waals surface area contributed by atoms with Crippen LogP contribution in [0.2, 0.25) is 0 Å². The average molecular weight is 435 g/mol. The smallest absolute Gasteiger partial charge is 0.229 e. The lowest BCUT2D eigenvalue weighted by molar-refractivity contribution is 0.254. The van der Waals surface area contributed by atoms with Crippen molar-refractivity contribution >= 4 is 17.5 Å². The number of anilines is 3. The van der Waals surface area contributed by atoms with Crippen LogP contribution in [0, 0.1) is 0 Å². The fraction of sp³-hybridized carbons (Fsp3) is 0.375. The number of methoxy groups -OCH3 is 1. The van der Waals surface area contributed by atoms with Gasteiger partial charge in [-0.1, -0.05) is 6.07 Å². The van der Waals surface area contributed by atoms with Crippen LogP contribution >= 0.6 is 0 Å². The Balaban J connectivity index is 1.34. The van der Waals surface area contributed by atoms with E-state index >= 15 is 0 Å². The summed E-state index contributed by atoms with van der Waals surface area (Å²) in [6, 6.07) is 13.4. The van der Waals surface area contributed by atoms with Crippen molar-refractivity contribution in [2.45, 2.75) is 25.8 Å². The van der Waals surface area contributed by atoms with Crippen molar-refractivity contribution in [1.82, 2.24) is 19.9 Å². The van der Waals surface area contributed by atoms with E-state index in [2.05, 4.69) is 30.5 Å². The molecule has 8 heteroatoms. The van der Waals surface area contributed by atoms with Gasteiger partial charge in [-0.25, -0.2) is 4.98 Å². The molecule has 0 unspecified atom stereocenters. The predicted molar refractivity (Wildman–Crippen MR) is 126 cm³/mol. The van der Waals surface area contributed by atoms with Gasteiger partial charge in [0.2, 0.25) is 5.95 Å². The number of nitrogens with zero attached hydrogens (tertiary/aromatic N) is 4. The Kier molecular flexibility index (Phi) is 7.70. The molecule has 4 rings (SSSR count). The molecule has 0 atom stereocenters. The predicted octanol–water partition coefficient (Wildman–Crippen LogP) is 4.10. The number of hydrogen-bond acceptors (Lipinski definition) is 8. The molecule has 2 aromatic heterocycles. The van der Waals surface area contributed by atoms with Crippen molar-refractivity contribution < 1.29 is 9.47 Å². The summed E-state index contributed by atoms with van der Waals surface area (Å²) in [5.74, 6) is 2.65. The van der Waals surface area contributed by atoms with E-state index in [9.17, 15) is 0 Å². The van der Waals surface area contributed by atoms with E-state index in [1.54, 1.807) is 19.5 Å². The van der Waals surface area contributed by atoms with Gasteiger partial charge in [-0.3, -0.25) is 4.98 Å². The summed E-state index contributed by atoms with van der Waals surface area (Å²) in [5, 5.41) is 6.52. The number of hydrogen-bond donors (Lipinski definition) is 2. The van der Waals surface area contributed by atoms with E-state index < -0.39 is 0 Å². The third-order valence-corrected chi connectivity index (χ3v) is 5.33. The maximum Gasteiger partial charge on any atom is 0.229 e. The van der Waals surface area contributed by atoms with Gasteiger partial charge >= 0.3 is 0 Å². The molecule has 3 aromatic rings. The molecular weight excluding hydrogens is 404 g/mol. The van der Waals surface area contributed by atoms with Crippen LogP contribution in [0.3, 0.4) is 0 Å². The fourth-order valence-corrected chi connectivity index (χ4v) is 3.67. The summed E-state index contributed by atoms with van der Waals surface area (Å²) < 4.78 is 11.5. The first-order valence-corrected chi connectivity index (χ1v) is 11.1. The standard InChI is InChI=1S/C24H30N6O2/c1-31-21-9-8-19(17-22(21)32-16-6-15-30-13-4-5-14-30)28-24-26-12-10-23(29-24)27-18-20-7-2-3-11-25-20/h2-3,7-12,17H,4-6,13-16,18H2,1H3,(H2,26,27,28,29). The SMILES string of the molecule is COc1ccc(Nc2nccc(NCc3ccccn3)n2)cc1OCCCN1CCCC1. The molecule has 2 N–H and O–H groups in total. The molecule has 0 saturated carbocycles. The summed E-state index contributed by atoms with van der Waals surface area (Å²) in [5.41, 5.74) is 1.78. The van der Waals surface area contributed by atoms with E-state index in [0.717, 1.165) is 30.2 Å². The van der Waals surface area contributed by atoms with Crippen molar-refractivity contribution in [1.29, 1.82) is 0 Å². The molecular formula is C24H30N6O2. The van der Waals surface area contributed by atoms with Crippen LogP contribution in [0.25, 0.3) is 0 Å². The van der Waals surface area contributed by atoms with Crippen molar-refractivity contribution in [3.63, 3.8) is 0 Å². The highest BCUT2D eigenvalue weighted by Crippen LogP contribution is 2.31. The summed E-state index contributed by atoms with van der Waals surface area (Å²) in [7, 11) is 1.65. The van der Waals surface area contributed by atoms with E-state index in [-0.39, 0.29) is 0 Å². The minimum absolute atomic E-state index is 0.501. The second-order valence-corrected chi connectivity index (χ2v) is 7.68. The zero-order valence-electron chi connectivity index (χ0n) is 18.5. The minimum atomic E-state index is 0.501. The van der Waals surface area contributed by atoms with Gasteiger partial charge in [0.25, 0.3) is 0 Å². The molecule has 1 saturated heterocycles. The summed E-state index contributed by atoms with van der Waals surface area (Å²) in [4.78, 5) is 15.7. The lowest BCUT2D eigenvalue weighted by Gasteiger charge is -2.16. The topological polar surface area (TPSA) is 84.4 Å². The Morgan fingerprint density at radius 3 is 2.72 bits per heavy atom. The highest BCUT2D eigenvalue weighted by atomic mass is 16.5. The molecule has 0 amide bonds. The first kappa shape index (κ1) is 21.8. The minimum Gasteiger partial charge on any atom is -0.493 e. The number of nitrogens with one attached hydrogen (secondary N) is 2. The Labute approximate surface area is 189 Å². The molecule has 1 aliphatic heterocycles. The zero-order chi connectivity index (χ0) is 22.0. The number of rotatable bonds is 11. The van der Waals surface area contributed by atoms with Gasteiger partial charge in [0.15, 0.2) is 11.5 Å². The van der Waals surface area contributed by atoms with Gasteiger partial charge < -0.3 is 25.0 Å². The molecule has 0 radical (unpaired) electrons. The molecule has 1 aromatic carbocycles. The normalized spacial score (nSPS) is 13.7. The number of ether oxygens (including phenoxy) is 2. The Hall–Kier alpha value is -3.39. The van der Waals surface area contributed by atoms with Crippen LogP contribution in [-0.2, 0) is 6.54 Å². The summed E-state index contributed by atoms with van der Waals surface area (Å²) in [6.45, 7) is 4.73. The van der Waals surface area contributed by atoms with Gasteiger partial charge in [0.05, 0.1) is 26.0 Å². The quantitative estimate of drug-likeness (QED) is 0.437. The second-order valence-electron chi connectivity index (χ2n) is 7.68. The van der Waals surface area contributed by atoms with Crippen molar-refractivity contribution in [2.24, 2.45) is 0 Å². The average Bonchev–Trinajstić information content (AvgIpc) is 3.35. The van der Waals surface area contributed by atoms with Crippen molar-refractivity contribution in [3.05, 3.63) is 60.6 Å². The molecule has 0 aliphatic carbocycles.